The molecule has 1 radical (unpaired) electrons. The number of aryl methyl sites for hydroxylation is 4. The van der Waals surface area contributed by atoms with E-state index in [1.807, 2.05) is 39.8 Å². The number of hydrogen-bond donors (Lipinski definition) is 1. The Kier molecular flexibility index (Phi) is 17.9. The molecule has 4 nitrogen and oxygen atoms in total. The summed E-state index contributed by atoms with van der Waals surface area (Å²) < 4.78 is 52.9. The van der Waals surface area contributed by atoms with Crippen molar-refractivity contribution in [2.75, 3.05) is 0 Å². The molecule has 1 N–H and O–H groups in total. The first-order chi connectivity index (χ1) is 29.4. The van der Waals surface area contributed by atoms with Gasteiger partial charge in [0.15, 0.2) is 5.78 Å². The van der Waals surface area contributed by atoms with Crippen molar-refractivity contribution < 1.29 is 45.9 Å². The normalized spacial score (nSPS) is 12.8. The molecule has 9 heteroatoms. The van der Waals surface area contributed by atoms with E-state index in [0.717, 1.165) is 61.3 Å². The Morgan fingerprint density at radius 2 is 1.21 bits per heavy atom. The van der Waals surface area contributed by atoms with E-state index < -0.39 is 32.3 Å². The van der Waals surface area contributed by atoms with E-state index in [2.05, 4.69) is 130 Å². The summed E-state index contributed by atoms with van der Waals surface area (Å²) in [5.74, 6) is -1.52. The fraction of sp³-hybridized carbons (Fsp3) is 0.377. The van der Waals surface area contributed by atoms with Gasteiger partial charge >= 0.3 is 6.18 Å². The molecule has 0 aliphatic heterocycles. The van der Waals surface area contributed by atoms with Gasteiger partial charge in [-0.05, 0) is 75.8 Å². The number of pyridine rings is 2. The third-order valence-corrected chi connectivity index (χ3v) is 12.9. The molecule has 1 atom stereocenters. The second-order valence-electron chi connectivity index (χ2n) is 17.4. The summed E-state index contributed by atoms with van der Waals surface area (Å²) in [4.78, 5) is 20.6. The van der Waals surface area contributed by atoms with Gasteiger partial charge in [0.2, 0.25) is 0 Å². The van der Waals surface area contributed by atoms with Crippen LogP contribution in [0.25, 0.3) is 44.1 Å². The summed E-state index contributed by atoms with van der Waals surface area (Å²) in [6.45, 7) is 24.9. The zero-order valence-corrected chi connectivity index (χ0v) is 41.7. The van der Waals surface area contributed by atoms with Crippen molar-refractivity contribution in [2.45, 2.75) is 120 Å². The average Bonchev–Trinajstić information content (AvgIpc) is 3.18. The number of hydrogen-bond acceptors (Lipinski definition) is 4. The molecule has 333 valence electrons. The molecule has 2 aromatic heterocycles. The maximum atomic E-state index is 12.3. The van der Waals surface area contributed by atoms with Crippen molar-refractivity contribution in [1.29, 1.82) is 0 Å². The van der Waals surface area contributed by atoms with Gasteiger partial charge in [-0.3, -0.25) is 4.79 Å². The predicted molar refractivity (Wildman–Crippen MR) is 252 cm³/mol. The van der Waals surface area contributed by atoms with E-state index in [1.165, 1.54) is 21.9 Å². The summed E-state index contributed by atoms with van der Waals surface area (Å²) in [7, 11) is -1.37. The van der Waals surface area contributed by atoms with E-state index in [0.29, 0.717) is 31.1 Å². The molecule has 0 saturated heterocycles. The zero-order chi connectivity index (χ0) is 47.0. The summed E-state index contributed by atoms with van der Waals surface area (Å²) >= 11 is 0. The van der Waals surface area contributed by atoms with E-state index in [-0.39, 0.29) is 38.2 Å². The van der Waals surface area contributed by atoms with Gasteiger partial charge < -0.3 is 15.1 Å². The molecule has 0 aliphatic carbocycles. The number of rotatable bonds is 11. The first-order valence-corrected chi connectivity index (χ1v) is 24.8. The average molecular weight is 1040 g/mol. The second-order valence-corrected chi connectivity index (χ2v) is 22.5. The number of halogens is 3. The molecule has 0 saturated carbocycles. The number of carbonyl (C=O) groups excluding carboxylic acids is 1. The third-order valence-electron chi connectivity index (χ3n) is 10.8. The van der Waals surface area contributed by atoms with E-state index in [1.54, 1.807) is 6.92 Å². The van der Waals surface area contributed by atoms with Crippen LogP contribution in [0.15, 0.2) is 97.0 Å². The van der Waals surface area contributed by atoms with Gasteiger partial charge in [-0.25, -0.2) is 0 Å². The quantitative estimate of drug-likeness (QED) is 0.0608. The molecule has 6 aromatic rings. The van der Waals surface area contributed by atoms with E-state index in [9.17, 15) is 23.1 Å². The van der Waals surface area contributed by atoms with E-state index in [4.69, 9.17) is 2.74 Å². The van der Waals surface area contributed by atoms with Crippen LogP contribution in [0.1, 0.15) is 96.8 Å². The number of benzene rings is 4. The Balaban J connectivity index is 0.000000256. The zero-order valence-electron chi connectivity index (χ0n) is 40.3. The van der Waals surface area contributed by atoms with Gasteiger partial charge in [-0.1, -0.05) is 124 Å². The largest absolute Gasteiger partial charge is 0.512 e. The fourth-order valence-corrected chi connectivity index (χ4v) is 8.53. The van der Waals surface area contributed by atoms with Crippen molar-refractivity contribution in [3.8, 4) is 22.5 Å². The number of alkyl halides is 3. The van der Waals surface area contributed by atoms with Crippen LogP contribution in [0.2, 0.25) is 19.6 Å². The molecule has 0 fully saturated rings. The molecule has 0 amide bonds. The molecule has 0 spiro atoms. The number of carbonyl (C=O) groups is 1. The van der Waals surface area contributed by atoms with Gasteiger partial charge in [0.1, 0.15) is 0 Å². The van der Waals surface area contributed by atoms with Gasteiger partial charge in [0.05, 0.1) is 23.0 Å². The molecule has 62 heavy (non-hydrogen) atoms. The second kappa shape index (κ2) is 22.8. The maximum absolute atomic E-state index is 12.3. The van der Waals surface area contributed by atoms with Crippen LogP contribution in [0, 0.1) is 51.7 Å². The topological polar surface area (TPSA) is 63.1 Å². The van der Waals surface area contributed by atoms with Crippen molar-refractivity contribution >= 4 is 40.6 Å². The Bertz CT molecular complexity index is 2540. The van der Waals surface area contributed by atoms with Crippen molar-refractivity contribution in [3.05, 3.63) is 137 Å². The van der Waals surface area contributed by atoms with Crippen molar-refractivity contribution in [2.24, 2.45) is 11.8 Å². The van der Waals surface area contributed by atoms with Crippen LogP contribution in [0.3, 0.4) is 0 Å². The number of aliphatic hydroxyl groups is 1. The third kappa shape index (κ3) is 14.6. The Morgan fingerprint density at radius 3 is 1.63 bits per heavy atom. The Morgan fingerprint density at radius 1 is 0.742 bits per heavy atom. The molecule has 0 aliphatic rings. The van der Waals surface area contributed by atoms with Crippen LogP contribution in [0.5, 0.6) is 0 Å². The summed E-state index contributed by atoms with van der Waals surface area (Å²) in [6.07, 6.45) is -2.45. The van der Waals surface area contributed by atoms with E-state index >= 15 is 0 Å². The van der Waals surface area contributed by atoms with Crippen molar-refractivity contribution in [1.82, 2.24) is 9.97 Å². The SMILES string of the molecule is CCC(CC)C(=O)/C=C(\O)C(CC)CC(F)(F)F.[2H]c1cc2cc(C(C)C)ccc2c(-c2[c-]c(C)cc(C)c2)n1.[2H]c1cc2cc([Si](C)(C)C)ccc2c(-c2[c-]c(C)cc(C)c2)n1.[Ir]. The minimum absolute atomic E-state index is 0. The standard InChI is InChI=1S/C20H22NSi.C20H20N.C13H21F3O2.Ir/c1-14-10-15(2)12-17(11-14)20-19-7-6-18(22(3,4)5)13-16(19)8-9-21-20;1-13(2)16-5-6-19-17(12-16)7-8-21-20(19)18-10-14(3)9-15(4)11-18;1-4-9(5-2)11(17)7-12(18)10(6-3)8-13(14,15)16;/h6-11,13H,1-5H3;5-10,12-13H,1-4H3;7,9-10,18H,4-6,8H2,1-3H3;/q2*-1;;/b;;12-7-;/i9D;8D;;. The number of fused-ring (bicyclic) bond motifs is 2. The minimum atomic E-state index is -4.33. The van der Waals surface area contributed by atoms with Crippen LogP contribution in [0.4, 0.5) is 13.2 Å². The molecule has 6 rings (SSSR count). The number of aliphatic hydroxyl groups excluding tert-OH is 1. The van der Waals surface area contributed by atoms with Crippen LogP contribution in [-0.2, 0) is 24.9 Å². The summed E-state index contributed by atoms with van der Waals surface area (Å²) in [5, 5.41) is 15.4. The van der Waals surface area contributed by atoms with Crippen LogP contribution < -0.4 is 5.19 Å². The molecule has 0 bridgehead atoms. The van der Waals surface area contributed by atoms with Gasteiger partial charge in [-0.2, -0.15) is 13.2 Å². The number of allylic oxidation sites excluding steroid dienone is 2. The number of aromatic nitrogens is 2. The predicted octanol–water partition coefficient (Wildman–Crippen LogP) is 14.7. The molecular weight excluding hydrogens is 974 g/mol. The summed E-state index contributed by atoms with van der Waals surface area (Å²) in [5.41, 5.74) is 9.52. The molecular formula is C53H63F3IrN2O2Si-2. The molecule has 1 unspecified atom stereocenters. The summed E-state index contributed by atoms with van der Waals surface area (Å²) in [6, 6.07) is 32.0. The first-order valence-electron chi connectivity index (χ1n) is 22.3. The number of nitrogens with zero attached hydrogens (tertiary/aromatic N) is 2. The Labute approximate surface area is 385 Å². The smallest absolute Gasteiger partial charge is 0.389 e. The van der Waals surface area contributed by atoms with Gasteiger partial charge in [0, 0.05) is 50.4 Å². The first kappa shape index (κ1) is 48.6. The van der Waals surface area contributed by atoms with Crippen LogP contribution >= 0.6 is 0 Å². The number of ketones is 1. The monoisotopic (exact) mass is 1040 g/mol. The Hall–Kier alpha value is -4.43. The minimum Gasteiger partial charge on any atom is -0.512 e. The van der Waals surface area contributed by atoms with Gasteiger partial charge in [0.25, 0.3) is 0 Å². The molecule has 4 aromatic carbocycles. The van der Waals surface area contributed by atoms with Crippen LogP contribution in [-0.4, -0.2) is 35.1 Å². The van der Waals surface area contributed by atoms with Gasteiger partial charge in [-0.15, -0.1) is 69.8 Å². The van der Waals surface area contributed by atoms with Crippen molar-refractivity contribution in [3.63, 3.8) is 0 Å². The molecule has 2 heterocycles. The fourth-order valence-electron chi connectivity index (χ4n) is 7.36. The maximum Gasteiger partial charge on any atom is 0.389 e.